The molecule has 1 aliphatic heterocycles. The Morgan fingerprint density at radius 1 is 1.50 bits per heavy atom. The first-order valence-corrected chi connectivity index (χ1v) is 7.00. The first-order valence-electron chi connectivity index (χ1n) is 5.47. The van der Waals surface area contributed by atoms with Crippen molar-refractivity contribution < 1.29 is 19.6 Å². The van der Waals surface area contributed by atoms with Crippen LogP contribution in [-0.4, -0.2) is 44.5 Å². The van der Waals surface area contributed by atoms with Crippen molar-refractivity contribution in [1.82, 2.24) is 4.90 Å². The molecular weight excluding hydrogens is 308 g/mol. The van der Waals surface area contributed by atoms with Crippen molar-refractivity contribution in [3.63, 3.8) is 0 Å². The van der Waals surface area contributed by atoms with Gasteiger partial charge in [0, 0.05) is 17.4 Å². The highest BCUT2D eigenvalue weighted by Crippen LogP contribution is 2.28. The lowest BCUT2D eigenvalue weighted by Crippen LogP contribution is -2.41. The number of benzene rings is 1. The zero-order chi connectivity index (χ0) is 14.9. The summed E-state index contributed by atoms with van der Waals surface area (Å²) in [7, 11) is 0. The van der Waals surface area contributed by atoms with E-state index >= 15 is 0 Å². The van der Waals surface area contributed by atoms with E-state index in [9.17, 15) is 19.7 Å². The van der Waals surface area contributed by atoms with Gasteiger partial charge in [0.25, 0.3) is 11.6 Å². The summed E-state index contributed by atoms with van der Waals surface area (Å²) in [5, 5.41) is 19.5. The van der Waals surface area contributed by atoms with Gasteiger partial charge in [-0.25, -0.2) is 4.79 Å². The minimum Gasteiger partial charge on any atom is -0.480 e. The quantitative estimate of drug-likeness (QED) is 0.674. The van der Waals surface area contributed by atoms with E-state index < -0.39 is 22.8 Å². The van der Waals surface area contributed by atoms with Crippen LogP contribution in [0, 0.1) is 10.1 Å². The molecule has 1 saturated heterocycles. The molecular formula is C11H9ClN2O5S. The van der Waals surface area contributed by atoms with E-state index in [4.69, 9.17) is 16.7 Å². The molecule has 1 unspecified atom stereocenters. The average molecular weight is 317 g/mol. The molecule has 20 heavy (non-hydrogen) atoms. The van der Waals surface area contributed by atoms with E-state index in [1.54, 1.807) is 0 Å². The van der Waals surface area contributed by atoms with Gasteiger partial charge in [-0.3, -0.25) is 14.9 Å². The Morgan fingerprint density at radius 3 is 2.75 bits per heavy atom. The molecule has 1 fully saturated rings. The summed E-state index contributed by atoms with van der Waals surface area (Å²) in [6, 6.07) is 2.70. The number of hydrogen-bond donors (Lipinski definition) is 1. The lowest BCUT2D eigenvalue weighted by atomic mass is 10.1. The molecule has 1 N–H and O–H groups in total. The normalized spacial score (nSPS) is 18.1. The predicted octanol–water partition coefficient (Wildman–Crippen LogP) is 1.85. The first kappa shape index (κ1) is 14.6. The Hall–Kier alpha value is -1.80. The van der Waals surface area contributed by atoms with Crippen LogP contribution in [0.15, 0.2) is 18.2 Å². The molecule has 106 valence electrons. The van der Waals surface area contributed by atoms with Gasteiger partial charge in [0.2, 0.25) is 0 Å². The maximum absolute atomic E-state index is 12.2. The summed E-state index contributed by atoms with van der Waals surface area (Å²) < 4.78 is 0. The molecule has 0 spiro atoms. The molecule has 9 heteroatoms. The van der Waals surface area contributed by atoms with Crippen molar-refractivity contribution >= 4 is 40.9 Å². The van der Waals surface area contributed by atoms with Crippen molar-refractivity contribution in [3.8, 4) is 0 Å². The second-order valence-electron chi connectivity index (χ2n) is 4.05. The average Bonchev–Trinajstić information content (AvgIpc) is 2.86. The molecule has 0 aromatic heterocycles. The number of amides is 1. The number of hydrogen-bond acceptors (Lipinski definition) is 5. The third-order valence-corrected chi connectivity index (χ3v) is 4.13. The topological polar surface area (TPSA) is 101 Å². The lowest BCUT2D eigenvalue weighted by Gasteiger charge is -2.20. The van der Waals surface area contributed by atoms with E-state index in [1.165, 1.54) is 28.8 Å². The van der Waals surface area contributed by atoms with Crippen LogP contribution in [0.3, 0.4) is 0 Å². The third kappa shape index (κ3) is 2.70. The fourth-order valence-electron chi connectivity index (χ4n) is 1.80. The largest absolute Gasteiger partial charge is 0.480 e. The highest BCUT2D eigenvalue weighted by molar-refractivity contribution is 7.99. The number of aliphatic carboxylic acids is 1. The van der Waals surface area contributed by atoms with Gasteiger partial charge in [0.05, 0.1) is 10.8 Å². The van der Waals surface area contributed by atoms with E-state index in [0.29, 0.717) is 5.75 Å². The number of carboxylic acid groups (broad SMARTS) is 1. The zero-order valence-corrected chi connectivity index (χ0v) is 11.6. The fraction of sp³-hybridized carbons (Fsp3) is 0.273. The van der Waals surface area contributed by atoms with Crippen molar-refractivity contribution in [2.45, 2.75) is 6.04 Å². The monoisotopic (exact) mass is 316 g/mol. The van der Waals surface area contributed by atoms with Gasteiger partial charge in [-0.05, 0) is 12.1 Å². The lowest BCUT2D eigenvalue weighted by molar-refractivity contribution is -0.384. The molecule has 2 rings (SSSR count). The summed E-state index contributed by atoms with van der Waals surface area (Å²) in [5.74, 6) is -0.984. The SMILES string of the molecule is O=C(O)C1CSCN1C(=O)c1ccc([N+](=O)[O-])c(Cl)c1. The molecule has 0 aliphatic carbocycles. The second-order valence-corrected chi connectivity index (χ2v) is 5.46. The van der Waals surface area contributed by atoms with Crippen LogP contribution in [0.1, 0.15) is 10.4 Å². The van der Waals surface area contributed by atoms with Crippen molar-refractivity contribution in [2.24, 2.45) is 0 Å². The maximum atomic E-state index is 12.2. The maximum Gasteiger partial charge on any atom is 0.327 e. The van der Waals surface area contributed by atoms with Crippen LogP contribution in [0.25, 0.3) is 0 Å². The van der Waals surface area contributed by atoms with Crippen molar-refractivity contribution in [1.29, 1.82) is 0 Å². The van der Waals surface area contributed by atoms with Crippen LogP contribution >= 0.6 is 23.4 Å². The second kappa shape index (κ2) is 5.68. The molecule has 1 aromatic carbocycles. The predicted molar refractivity (Wildman–Crippen MR) is 73.0 cm³/mol. The van der Waals surface area contributed by atoms with E-state index in [1.807, 2.05) is 0 Å². The van der Waals surface area contributed by atoms with Gasteiger partial charge in [-0.15, -0.1) is 11.8 Å². The smallest absolute Gasteiger partial charge is 0.327 e. The molecule has 1 heterocycles. The molecule has 1 aromatic rings. The Morgan fingerprint density at radius 2 is 2.20 bits per heavy atom. The number of carbonyl (C=O) groups is 2. The molecule has 1 amide bonds. The number of nitro benzene ring substituents is 1. The fourth-order valence-corrected chi connectivity index (χ4v) is 3.20. The Kier molecular flexibility index (Phi) is 4.15. The van der Waals surface area contributed by atoms with Crippen LogP contribution < -0.4 is 0 Å². The zero-order valence-electron chi connectivity index (χ0n) is 9.98. The van der Waals surface area contributed by atoms with Crippen molar-refractivity contribution in [3.05, 3.63) is 38.9 Å². The number of carboxylic acids is 1. The summed E-state index contributed by atoms with van der Waals surface area (Å²) in [6.07, 6.45) is 0. The molecule has 0 saturated carbocycles. The standard InChI is InChI=1S/C11H9ClN2O5S/c12-7-3-6(1-2-8(7)14(18)19)10(15)13-5-20-4-9(13)11(16)17/h1-3,9H,4-5H2,(H,16,17). The Bertz CT molecular complexity index is 594. The number of thioether (sulfide) groups is 1. The van der Waals surface area contributed by atoms with Crippen molar-refractivity contribution in [2.75, 3.05) is 11.6 Å². The summed E-state index contributed by atoms with van der Waals surface area (Å²) >= 11 is 7.08. The summed E-state index contributed by atoms with van der Waals surface area (Å²) in [4.78, 5) is 34.5. The van der Waals surface area contributed by atoms with Gasteiger partial charge in [0.15, 0.2) is 0 Å². The van der Waals surface area contributed by atoms with Gasteiger partial charge >= 0.3 is 5.97 Å². The molecule has 7 nitrogen and oxygen atoms in total. The first-order chi connectivity index (χ1) is 9.41. The minimum atomic E-state index is -1.07. The van der Waals surface area contributed by atoms with Crippen LogP contribution in [0.5, 0.6) is 0 Å². The number of halogens is 1. The van der Waals surface area contributed by atoms with E-state index in [2.05, 4.69) is 0 Å². The molecule has 0 radical (unpaired) electrons. The Balaban J connectivity index is 2.27. The number of rotatable bonds is 3. The van der Waals surface area contributed by atoms with Gasteiger partial charge < -0.3 is 10.0 Å². The van der Waals surface area contributed by atoms with Gasteiger partial charge in [-0.1, -0.05) is 11.6 Å². The summed E-state index contributed by atoms with van der Waals surface area (Å²) in [6.45, 7) is 0. The van der Waals surface area contributed by atoms with E-state index in [0.717, 1.165) is 6.07 Å². The molecule has 1 atom stereocenters. The number of nitrogens with zero attached hydrogens (tertiary/aromatic N) is 2. The van der Waals surface area contributed by atoms with Gasteiger partial charge in [0.1, 0.15) is 11.1 Å². The van der Waals surface area contributed by atoms with Gasteiger partial charge in [-0.2, -0.15) is 0 Å². The highest BCUT2D eigenvalue weighted by atomic mass is 35.5. The highest BCUT2D eigenvalue weighted by Gasteiger charge is 2.35. The summed E-state index contributed by atoms with van der Waals surface area (Å²) in [5.41, 5.74) is -0.164. The minimum absolute atomic E-state index is 0.134. The van der Waals surface area contributed by atoms with Crippen LogP contribution in [0.4, 0.5) is 5.69 Å². The molecule has 1 aliphatic rings. The number of carbonyl (C=O) groups excluding carboxylic acids is 1. The van der Waals surface area contributed by atoms with Crippen LogP contribution in [-0.2, 0) is 4.79 Å². The molecule has 0 bridgehead atoms. The Labute approximate surface area is 122 Å². The third-order valence-electron chi connectivity index (χ3n) is 2.82. The van der Waals surface area contributed by atoms with E-state index in [-0.39, 0.29) is 22.2 Å². The van der Waals surface area contributed by atoms with Crippen LogP contribution in [0.2, 0.25) is 5.02 Å². The number of nitro groups is 1.